The van der Waals surface area contributed by atoms with E-state index in [1.54, 1.807) is 11.8 Å². The van der Waals surface area contributed by atoms with E-state index >= 15 is 0 Å². The minimum atomic E-state index is 0.160. The molecular weight excluding hydrogens is 282 g/mol. The van der Waals surface area contributed by atoms with Gasteiger partial charge in [0.1, 0.15) is 0 Å². The molecule has 0 unspecified atom stereocenters. The molecule has 0 aromatic carbocycles. The van der Waals surface area contributed by atoms with Crippen LogP contribution in [-0.2, 0) is 4.79 Å². The quantitative estimate of drug-likeness (QED) is 0.848. The number of nitrogens with one attached hydrogen (secondary N) is 1. The van der Waals surface area contributed by atoms with Crippen molar-refractivity contribution < 1.29 is 4.79 Å². The lowest BCUT2D eigenvalue weighted by atomic mass is 9.95. The number of carbonyl (C=O) groups is 1. The molecule has 2 aliphatic rings. The average Bonchev–Trinajstić information content (AvgIpc) is 3.26. The van der Waals surface area contributed by atoms with Gasteiger partial charge >= 0.3 is 0 Å². The van der Waals surface area contributed by atoms with Crippen LogP contribution in [0.2, 0.25) is 0 Å². The summed E-state index contributed by atoms with van der Waals surface area (Å²) in [6.45, 7) is 4.19. The van der Waals surface area contributed by atoms with Gasteiger partial charge in [-0.2, -0.15) is 0 Å². The lowest BCUT2D eigenvalue weighted by molar-refractivity contribution is -0.119. The number of rotatable bonds is 5. The van der Waals surface area contributed by atoms with Crippen LogP contribution in [0.3, 0.4) is 0 Å². The highest BCUT2D eigenvalue weighted by molar-refractivity contribution is 7.99. The second-order valence-electron chi connectivity index (χ2n) is 6.36. The Bertz CT molecular complexity index is 516. The summed E-state index contributed by atoms with van der Waals surface area (Å²) in [6.07, 6.45) is 8.61. The van der Waals surface area contributed by atoms with Crippen molar-refractivity contribution in [2.75, 3.05) is 5.75 Å². The van der Waals surface area contributed by atoms with Crippen molar-refractivity contribution in [3.05, 3.63) is 11.4 Å². The maximum atomic E-state index is 12.1. The van der Waals surface area contributed by atoms with Gasteiger partial charge in [0.2, 0.25) is 5.91 Å². The monoisotopic (exact) mass is 307 g/mol. The molecule has 0 radical (unpaired) electrons. The van der Waals surface area contributed by atoms with Gasteiger partial charge in [0, 0.05) is 17.8 Å². The number of imidazole rings is 1. The lowest BCUT2D eigenvalue weighted by Crippen LogP contribution is -2.37. The molecule has 5 heteroatoms. The van der Waals surface area contributed by atoms with Gasteiger partial charge in [-0.25, -0.2) is 4.98 Å². The van der Waals surface area contributed by atoms with Crippen LogP contribution in [0.4, 0.5) is 0 Å². The summed E-state index contributed by atoms with van der Waals surface area (Å²) >= 11 is 1.59. The Morgan fingerprint density at radius 2 is 1.95 bits per heavy atom. The van der Waals surface area contributed by atoms with Gasteiger partial charge in [0.25, 0.3) is 0 Å². The molecule has 2 aliphatic carbocycles. The first-order chi connectivity index (χ1) is 10.1. The third kappa shape index (κ3) is 3.62. The van der Waals surface area contributed by atoms with Crippen LogP contribution in [0.1, 0.15) is 62.4 Å². The fourth-order valence-electron chi connectivity index (χ4n) is 3.11. The van der Waals surface area contributed by atoms with Gasteiger partial charge < -0.3 is 9.88 Å². The zero-order chi connectivity index (χ0) is 14.8. The van der Waals surface area contributed by atoms with Gasteiger partial charge in [-0.05, 0) is 39.5 Å². The zero-order valence-electron chi connectivity index (χ0n) is 13.0. The Labute approximate surface area is 131 Å². The van der Waals surface area contributed by atoms with Crippen molar-refractivity contribution in [3.8, 4) is 0 Å². The number of hydrogen-bond acceptors (Lipinski definition) is 3. The zero-order valence-corrected chi connectivity index (χ0v) is 13.8. The third-order valence-corrected chi connectivity index (χ3v) is 5.52. The number of carbonyl (C=O) groups excluding carboxylic acids is 1. The van der Waals surface area contributed by atoms with Crippen LogP contribution in [0.25, 0.3) is 0 Å². The number of thioether (sulfide) groups is 1. The molecule has 0 bridgehead atoms. The summed E-state index contributed by atoms with van der Waals surface area (Å²) < 4.78 is 2.33. The lowest BCUT2D eigenvalue weighted by Gasteiger charge is -2.22. The minimum Gasteiger partial charge on any atom is -0.353 e. The molecule has 0 spiro atoms. The molecule has 1 aromatic rings. The Morgan fingerprint density at radius 1 is 1.24 bits per heavy atom. The van der Waals surface area contributed by atoms with Gasteiger partial charge in [-0.15, -0.1) is 0 Å². The standard InChI is InChI=1S/C16H25N3OS/c1-11-12(2)19(14-8-9-14)16(17-11)21-10-15(20)18-13-6-4-3-5-7-13/h13-14H,3-10H2,1-2H3,(H,18,20). The molecule has 2 saturated carbocycles. The Morgan fingerprint density at radius 3 is 2.62 bits per heavy atom. The van der Waals surface area contributed by atoms with E-state index in [1.165, 1.54) is 37.8 Å². The number of aryl methyl sites for hydroxylation is 1. The highest BCUT2D eigenvalue weighted by Gasteiger charge is 2.29. The maximum Gasteiger partial charge on any atom is 0.230 e. The molecule has 3 rings (SSSR count). The SMILES string of the molecule is Cc1nc(SCC(=O)NC2CCCCC2)n(C2CC2)c1C. The van der Waals surface area contributed by atoms with Crippen molar-refractivity contribution >= 4 is 17.7 Å². The van der Waals surface area contributed by atoms with Crippen LogP contribution in [-0.4, -0.2) is 27.3 Å². The molecule has 4 nitrogen and oxygen atoms in total. The first-order valence-corrected chi connectivity index (χ1v) is 9.11. The molecule has 1 N–H and O–H groups in total. The average molecular weight is 307 g/mol. The van der Waals surface area contributed by atoms with E-state index in [0.717, 1.165) is 23.7 Å². The summed E-state index contributed by atoms with van der Waals surface area (Å²) in [5.41, 5.74) is 2.35. The molecule has 0 atom stereocenters. The van der Waals surface area contributed by atoms with Gasteiger partial charge in [-0.3, -0.25) is 4.79 Å². The van der Waals surface area contributed by atoms with E-state index in [1.807, 2.05) is 0 Å². The topological polar surface area (TPSA) is 46.9 Å². The van der Waals surface area contributed by atoms with Gasteiger partial charge in [-0.1, -0.05) is 31.0 Å². The molecule has 0 saturated heterocycles. The molecule has 1 aromatic heterocycles. The summed E-state index contributed by atoms with van der Waals surface area (Å²) in [4.78, 5) is 16.7. The summed E-state index contributed by atoms with van der Waals surface area (Å²) in [7, 11) is 0. The predicted molar refractivity (Wildman–Crippen MR) is 85.7 cm³/mol. The van der Waals surface area contributed by atoms with Crippen LogP contribution < -0.4 is 5.32 Å². The fourth-order valence-corrected chi connectivity index (χ4v) is 4.08. The number of amides is 1. The minimum absolute atomic E-state index is 0.160. The number of hydrogen-bond donors (Lipinski definition) is 1. The molecule has 21 heavy (non-hydrogen) atoms. The third-order valence-electron chi connectivity index (χ3n) is 4.57. The van der Waals surface area contributed by atoms with E-state index in [2.05, 4.69) is 28.7 Å². The summed E-state index contributed by atoms with van der Waals surface area (Å²) in [5.74, 6) is 0.645. The van der Waals surface area contributed by atoms with Gasteiger partial charge in [0.05, 0.1) is 11.4 Å². The van der Waals surface area contributed by atoms with Crippen LogP contribution in [0.5, 0.6) is 0 Å². The van der Waals surface area contributed by atoms with Crippen molar-refractivity contribution in [2.24, 2.45) is 0 Å². The Hall–Kier alpha value is -0.970. The van der Waals surface area contributed by atoms with E-state index < -0.39 is 0 Å². The Balaban J connectivity index is 1.54. The van der Waals surface area contributed by atoms with Crippen LogP contribution in [0, 0.1) is 13.8 Å². The molecule has 0 aliphatic heterocycles. The molecule has 116 valence electrons. The van der Waals surface area contributed by atoms with E-state index in [-0.39, 0.29) is 5.91 Å². The number of nitrogens with zero attached hydrogens (tertiary/aromatic N) is 2. The van der Waals surface area contributed by atoms with E-state index in [4.69, 9.17) is 0 Å². The van der Waals surface area contributed by atoms with Crippen molar-refractivity contribution in [1.29, 1.82) is 0 Å². The normalized spacial score (nSPS) is 19.7. The second-order valence-corrected chi connectivity index (χ2v) is 7.30. The highest BCUT2D eigenvalue weighted by atomic mass is 32.2. The molecular formula is C16H25N3OS. The van der Waals surface area contributed by atoms with Gasteiger partial charge in [0.15, 0.2) is 5.16 Å². The van der Waals surface area contributed by atoms with E-state index in [0.29, 0.717) is 17.8 Å². The first-order valence-electron chi connectivity index (χ1n) is 8.12. The van der Waals surface area contributed by atoms with E-state index in [9.17, 15) is 4.79 Å². The number of aromatic nitrogens is 2. The molecule has 1 amide bonds. The van der Waals surface area contributed by atoms with Crippen molar-refractivity contribution in [3.63, 3.8) is 0 Å². The van der Waals surface area contributed by atoms with Crippen LogP contribution >= 0.6 is 11.8 Å². The summed E-state index contributed by atoms with van der Waals surface area (Å²) in [5, 5.41) is 4.20. The maximum absolute atomic E-state index is 12.1. The summed E-state index contributed by atoms with van der Waals surface area (Å²) in [6, 6.07) is 1.02. The Kier molecular flexibility index (Phi) is 4.57. The second kappa shape index (κ2) is 6.42. The predicted octanol–water partition coefficient (Wildman–Crippen LogP) is 3.38. The van der Waals surface area contributed by atoms with Crippen LogP contribution in [0.15, 0.2) is 5.16 Å². The highest BCUT2D eigenvalue weighted by Crippen LogP contribution is 2.39. The smallest absolute Gasteiger partial charge is 0.230 e. The van der Waals surface area contributed by atoms with Crippen molar-refractivity contribution in [2.45, 2.75) is 76.0 Å². The first kappa shape index (κ1) is 14.9. The fraction of sp³-hybridized carbons (Fsp3) is 0.750. The molecule has 2 fully saturated rings. The van der Waals surface area contributed by atoms with Crippen molar-refractivity contribution in [1.82, 2.24) is 14.9 Å². The largest absolute Gasteiger partial charge is 0.353 e. The molecule has 1 heterocycles.